The second kappa shape index (κ2) is 7.28. The van der Waals surface area contributed by atoms with E-state index < -0.39 is 0 Å². The van der Waals surface area contributed by atoms with E-state index in [0.29, 0.717) is 5.57 Å². The SMILES string of the molecule is C=C(C)C(=O)OC1CCC(C(C)C2CCCCC2)CC1. The molecule has 0 heterocycles. The van der Waals surface area contributed by atoms with Crippen LogP contribution in [0, 0.1) is 17.8 Å². The third-order valence-corrected chi connectivity index (χ3v) is 5.48. The van der Waals surface area contributed by atoms with Crippen LogP contribution < -0.4 is 0 Å². The molecule has 0 N–H and O–H groups in total. The van der Waals surface area contributed by atoms with Gasteiger partial charge in [-0.3, -0.25) is 0 Å². The molecule has 2 aliphatic rings. The number of hydrogen-bond donors (Lipinski definition) is 0. The van der Waals surface area contributed by atoms with Gasteiger partial charge in [0.2, 0.25) is 0 Å². The molecule has 1 unspecified atom stereocenters. The standard InChI is InChI=1S/C18H30O2/c1-13(2)18(19)20-17-11-9-16(10-12-17)14(3)15-7-5-4-6-8-15/h14-17H,1,4-12H2,2-3H3. The summed E-state index contributed by atoms with van der Waals surface area (Å²) in [6.07, 6.45) is 11.8. The van der Waals surface area contributed by atoms with Gasteiger partial charge < -0.3 is 4.74 Å². The van der Waals surface area contributed by atoms with E-state index in [0.717, 1.165) is 30.6 Å². The summed E-state index contributed by atoms with van der Waals surface area (Å²) >= 11 is 0. The third kappa shape index (κ3) is 4.10. The number of rotatable bonds is 4. The molecule has 1 atom stereocenters. The van der Waals surface area contributed by atoms with Crippen LogP contribution in [0.2, 0.25) is 0 Å². The topological polar surface area (TPSA) is 26.3 Å². The van der Waals surface area contributed by atoms with Crippen molar-refractivity contribution < 1.29 is 9.53 Å². The summed E-state index contributed by atoms with van der Waals surface area (Å²) < 4.78 is 5.49. The molecule has 2 fully saturated rings. The number of carbonyl (C=O) groups is 1. The second-order valence-corrected chi connectivity index (χ2v) is 6.98. The Morgan fingerprint density at radius 2 is 1.55 bits per heavy atom. The fourth-order valence-electron chi connectivity index (χ4n) is 4.03. The summed E-state index contributed by atoms with van der Waals surface area (Å²) in [5.74, 6) is 2.43. The van der Waals surface area contributed by atoms with E-state index in [4.69, 9.17) is 4.74 Å². The second-order valence-electron chi connectivity index (χ2n) is 6.98. The molecule has 2 aliphatic carbocycles. The maximum absolute atomic E-state index is 11.6. The van der Waals surface area contributed by atoms with Crippen LogP contribution in [0.15, 0.2) is 12.2 Å². The highest BCUT2D eigenvalue weighted by Crippen LogP contribution is 2.40. The van der Waals surface area contributed by atoms with Gasteiger partial charge in [-0.25, -0.2) is 4.79 Å². The Hall–Kier alpha value is -0.790. The minimum atomic E-state index is -0.214. The molecule has 2 nitrogen and oxygen atoms in total. The highest BCUT2D eigenvalue weighted by atomic mass is 16.5. The first kappa shape index (κ1) is 15.6. The Bertz CT molecular complexity index is 333. The first-order chi connectivity index (χ1) is 9.58. The average molecular weight is 278 g/mol. The normalized spacial score (nSPS) is 29.7. The van der Waals surface area contributed by atoms with Gasteiger partial charge >= 0.3 is 5.97 Å². The van der Waals surface area contributed by atoms with Crippen LogP contribution in [-0.4, -0.2) is 12.1 Å². The molecule has 0 aromatic heterocycles. The van der Waals surface area contributed by atoms with Gasteiger partial charge in [-0.15, -0.1) is 0 Å². The molecule has 2 heteroatoms. The Kier molecular flexibility index (Phi) is 5.68. The lowest BCUT2D eigenvalue weighted by Crippen LogP contribution is -2.30. The van der Waals surface area contributed by atoms with E-state index >= 15 is 0 Å². The summed E-state index contributed by atoms with van der Waals surface area (Å²) in [4.78, 5) is 11.6. The Morgan fingerprint density at radius 3 is 2.10 bits per heavy atom. The first-order valence-electron chi connectivity index (χ1n) is 8.44. The first-order valence-corrected chi connectivity index (χ1v) is 8.44. The van der Waals surface area contributed by atoms with Gasteiger partial charge in [0.05, 0.1) is 0 Å². The zero-order chi connectivity index (χ0) is 14.5. The lowest BCUT2D eigenvalue weighted by Gasteiger charge is -2.37. The molecule has 0 bridgehead atoms. The molecular formula is C18H30O2. The number of hydrogen-bond acceptors (Lipinski definition) is 2. The van der Waals surface area contributed by atoms with Crippen LogP contribution in [0.4, 0.5) is 0 Å². The minimum Gasteiger partial charge on any atom is -0.459 e. The summed E-state index contributed by atoms with van der Waals surface area (Å²) in [6.45, 7) is 7.83. The lowest BCUT2D eigenvalue weighted by atomic mass is 9.70. The molecule has 0 aliphatic heterocycles. The predicted octanol–water partition coefficient (Wildman–Crippen LogP) is 4.88. The van der Waals surface area contributed by atoms with E-state index in [2.05, 4.69) is 13.5 Å². The number of esters is 1. The zero-order valence-electron chi connectivity index (χ0n) is 13.2. The number of carbonyl (C=O) groups excluding carboxylic acids is 1. The lowest BCUT2D eigenvalue weighted by molar-refractivity contribution is -0.146. The molecule has 0 saturated heterocycles. The van der Waals surface area contributed by atoms with Crippen molar-refractivity contribution >= 4 is 5.97 Å². The highest BCUT2D eigenvalue weighted by molar-refractivity contribution is 5.87. The summed E-state index contributed by atoms with van der Waals surface area (Å²) in [5.41, 5.74) is 0.516. The Balaban J connectivity index is 1.75. The summed E-state index contributed by atoms with van der Waals surface area (Å²) in [7, 11) is 0. The van der Waals surface area contributed by atoms with Crippen LogP contribution in [0.5, 0.6) is 0 Å². The summed E-state index contributed by atoms with van der Waals surface area (Å²) in [5, 5.41) is 0. The van der Waals surface area contributed by atoms with Gasteiger partial charge in [-0.2, -0.15) is 0 Å². The fraction of sp³-hybridized carbons (Fsp3) is 0.833. The Labute approximate surface area is 124 Å². The molecule has 0 aromatic rings. The van der Waals surface area contributed by atoms with Gasteiger partial charge in [0, 0.05) is 5.57 Å². The summed E-state index contributed by atoms with van der Waals surface area (Å²) in [6, 6.07) is 0. The molecule has 114 valence electrons. The van der Waals surface area contributed by atoms with Crippen molar-refractivity contribution in [2.24, 2.45) is 17.8 Å². The van der Waals surface area contributed by atoms with Crippen LogP contribution >= 0.6 is 0 Å². The predicted molar refractivity (Wildman–Crippen MR) is 82.4 cm³/mol. The van der Waals surface area contributed by atoms with E-state index in [1.54, 1.807) is 6.92 Å². The Morgan fingerprint density at radius 1 is 1.00 bits per heavy atom. The third-order valence-electron chi connectivity index (χ3n) is 5.48. The quantitative estimate of drug-likeness (QED) is 0.541. The molecule has 2 rings (SSSR count). The van der Waals surface area contributed by atoms with Crippen molar-refractivity contribution in [3.8, 4) is 0 Å². The van der Waals surface area contributed by atoms with Crippen LogP contribution in [0.25, 0.3) is 0 Å². The fourth-order valence-corrected chi connectivity index (χ4v) is 4.03. The van der Waals surface area contributed by atoms with E-state index in [-0.39, 0.29) is 12.1 Å². The average Bonchev–Trinajstić information content (AvgIpc) is 2.48. The van der Waals surface area contributed by atoms with Crippen molar-refractivity contribution in [1.29, 1.82) is 0 Å². The molecule has 0 radical (unpaired) electrons. The monoisotopic (exact) mass is 278 g/mol. The molecule has 0 amide bonds. The molecule has 2 saturated carbocycles. The largest absolute Gasteiger partial charge is 0.459 e. The molecular weight excluding hydrogens is 248 g/mol. The van der Waals surface area contributed by atoms with E-state index in [1.165, 1.54) is 44.9 Å². The zero-order valence-corrected chi connectivity index (χ0v) is 13.2. The molecule has 0 aromatic carbocycles. The maximum Gasteiger partial charge on any atom is 0.333 e. The minimum absolute atomic E-state index is 0.133. The van der Waals surface area contributed by atoms with E-state index in [9.17, 15) is 4.79 Å². The van der Waals surface area contributed by atoms with Crippen molar-refractivity contribution in [3.63, 3.8) is 0 Å². The molecule has 0 spiro atoms. The van der Waals surface area contributed by atoms with Crippen LogP contribution in [0.1, 0.15) is 71.6 Å². The van der Waals surface area contributed by atoms with Crippen molar-refractivity contribution in [3.05, 3.63) is 12.2 Å². The van der Waals surface area contributed by atoms with Gasteiger partial charge in [0.1, 0.15) is 6.10 Å². The maximum atomic E-state index is 11.6. The van der Waals surface area contributed by atoms with Gasteiger partial charge in [0.15, 0.2) is 0 Å². The van der Waals surface area contributed by atoms with Crippen molar-refractivity contribution in [1.82, 2.24) is 0 Å². The molecule has 20 heavy (non-hydrogen) atoms. The van der Waals surface area contributed by atoms with Gasteiger partial charge in [-0.05, 0) is 50.4 Å². The van der Waals surface area contributed by atoms with Crippen molar-refractivity contribution in [2.45, 2.75) is 77.7 Å². The van der Waals surface area contributed by atoms with Gasteiger partial charge in [0.25, 0.3) is 0 Å². The van der Waals surface area contributed by atoms with Crippen molar-refractivity contribution in [2.75, 3.05) is 0 Å². The van der Waals surface area contributed by atoms with E-state index in [1.807, 2.05) is 0 Å². The highest BCUT2D eigenvalue weighted by Gasteiger charge is 2.31. The van der Waals surface area contributed by atoms with Crippen LogP contribution in [0.3, 0.4) is 0 Å². The van der Waals surface area contributed by atoms with Crippen LogP contribution in [-0.2, 0) is 9.53 Å². The van der Waals surface area contributed by atoms with Gasteiger partial charge in [-0.1, -0.05) is 45.6 Å². The number of ether oxygens (including phenoxy) is 1. The smallest absolute Gasteiger partial charge is 0.333 e.